The largest absolute Gasteiger partial charge is 0.459 e. The first-order chi connectivity index (χ1) is 14.1. The number of benzene rings is 2. The molecule has 0 heterocycles. The van der Waals surface area contributed by atoms with Crippen LogP contribution in [-0.4, -0.2) is 43.8 Å². The first-order valence-corrected chi connectivity index (χ1v) is 11.0. The predicted octanol–water partition coefficient (Wildman–Crippen LogP) is 3.67. The van der Waals surface area contributed by atoms with E-state index in [2.05, 4.69) is 5.32 Å². The zero-order chi connectivity index (χ0) is 22.5. The number of hydrogen-bond donors (Lipinski definition) is 1. The molecule has 0 bridgehead atoms. The van der Waals surface area contributed by atoms with E-state index in [1.807, 2.05) is 0 Å². The van der Waals surface area contributed by atoms with Crippen LogP contribution < -0.4 is 5.32 Å². The van der Waals surface area contributed by atoms with Crippen LogP contribution in [0.25, 0.3) is 0 Å². The highest BCUT2D eigenvalue weighted by Crippen LogP contribution is 2.22. The smallest absolute Gasteiger partial charge is 0.338 e. The monoisotopic (exact) mass is 436 g/mol. The maximum Gasteiger partial charge on any atom is 0.338 e. The van der Waals surface area contributed by atoms with Crippen molar-refractivity contribution in [3.63, 3.8) is 0 Å². The molecule has 0 saturated heterocycles. The number of nitrogens with one attached hydrogen (secondary N) is 1. The van der Waals surface area contributed by atoms with Crippen LogP contribution in [0.3, 0.4) is 0 Å². The van der Waals surface area contributed by atoms with Crippen molar-refractivity contribution in [2.24, 2.45) is 0 Å². The molecule has 0 aromatic heterocycles. The molecule has 0 atom stereocenters. The van der Waals surface area contributed by atoms with Crippen LogP contribution in [0, 0.1) is 5.82 Å². The van der Waals surface area contributed by atoms with E-state index < -0.39 is 32.6 Å². The lowest BCUT2D eigenvalue weighted by Crippen LogP contribution is -2.31. The maximum absolute atomic E-state index is 14.2. The van der Waals surface area contributed by atoms with Crippen LogP contribution in [0.1, 0.15) is 48.4 Å². The van der Waals surface area contributed by atoms with E-state index >= 15 is 0 Å². The molecule has 0 radical (unpaired) electrons. The van der Waals surface area contributed by atoms with E-state index in [1.54, 1.807) is 27.7 Å². The lowest BCUT2D eigenvalue weighted by molar-refractivity contribution is 0.0378. The number of hydrogen-bond acceptors (Lipinski definition) is 5. The highest BCUT2D eigenvalue weighted by molar-refractivity contribution is 7.89. The normalized spacial score (nSPS) is 11.6. The van der Waals surface area contributed by atoms with Gasteiger partial charge in [-0.1, -0.05) is 13.8 Å². The van der Waals surface area contributed by atoms with Gasteiger partial charge in [-0.2, -0.15) is 4.31 Å². The number of ether oxygens (including phenoxy) is 1. The third-order valence-electron chi connectivity index (χ3n) is 4.24. The summed E-state index contributed by atoms with van der Waals surface area (Å²) in [5.41, 5.74) is 0.708. The quantitative estimate of drug-likeness (QED) is 0.638. The Kier molecular flexibility index (Phi) is 7.69. The van der Waals surface area contributed by atoms with Crippen molar-refractivity contribution in [2.45, 2.75) is 38.7 Å². The standard InChI is InChI=1S/C21H25FN2O5S/c1-5-24(6-2)30(27,28)19-13-16(9-12-18(19)22)20(25)23-17-10-7-15(8-11-17)21(26)29-14(3)4/h7-14H,5-6H2,1-4H3,(H,23,25). The number of rotatable bonds is 8. The van der Waals surface area contributed by atoms with Crippen molar-refractivity contribution >= 4 is 27.6 Å². The molecule has 0 aliphatic carbocycles. The molecule has 2 aromatic rings. The molecular weight excluding hydrogens is 411 g/mol. The fourth-order valence-corrected chi connectivity index (χ4v) is 4.27. The van der Waals surface area contributed by atoms with Crippen LogP contribution in [0.15, 0.2) is 47.4 Å². The lowest BCUT2D eigenvalue weighted by atomic mass is 10.1. The van der Waals surface area contributed by atoms with Gasteiger partial charge in [-0.15, -0.1) is 0 Å². The number of sulfonamides is 1. The summed E-state index contributed by atoms with van der Waals surface area (Å²) in [5.74, 6) is -2.01. The summed E-state index contributed by atoms with van der Waals surface area (Å²) < 4.78 is 45.7. The molecule has 162 valence electrons. The summed E-state index contributed by atoms with van der Waals surface area (Å²) in [4.78, 5) is 23.9. The topological polar surface area (TPSA) is 92.8 Å². The van der Waals surface area contributed by atoms with Crippen molar-refractivity contribution in [3.05, 3.63) is 59.4 Å². The number of halogens is 1. The fraction of sp³-hybridized carbons (Fsp3) is 0.333. The van der Waals surface area contributed by atoms with Crippen LogP contribution in [-0.2, 0) is 14.8 Å². The summed E-state index contributed by atoms with van der Waals surface area (Å²) in [6.07, 6.45) is -0.253. The Morgan fingerprint density at radius 1 is 1.03 bits per heavy atom. The van der Waals surface area contributed by atoms with E-state index in [-0.39, 0.29) is 24.8 Å². The van der Waals surface area contributed by atoms with Gasteiger partial charge >= 0.3 is 5.97 Å². The Balaban J connectivity index is 2.23. The molecule has 0 aliphatic heterocycles. The van der Waals surface area contributed by atoms with Crippen LogP contribution in [0.5, 0.6) is 0 Å². The first-order valence-electron chi connectivity index (χ1n) is 9.52. The SMILES string of the molecule is CCN(CC)S(=O)(=O)c1cc(C(=O)Nc2ccc(C(=O)OC(C)C)cc2)ccc1F. The third kappa shape index (κ3) is 5.43. The van der Waals surface area contributed by atoms with Gasteiger partial charge < -0.3 is 10.1 Å². The second kappa shape index (κ2) is 9.82. The molecular formula is C21H25FN2O5S. The van der Waals surface area contributed by atoms with Gasteiger partial charge in [-0.3, -0.25) is 4.79 Å². The second-order valence-electron chi connectivity index (χ2n) is 6.72. The van der Waals surface area contributed by atoms with Crippen molar-refractivity contribution < 1.29 is 27.1 Å². The minimum absolute atomic E-state index is 0.00887. The Labute approximate surface area is 175 Å². The van der Waals surface area contributed by atoms with E-state index in [1.165, 1.54) is 30.3 Å². The van der Waals surface area contributed by atoms with Crippen LogP contribution in [0.2, 0.25) is 0 Å². The molecule has 30 heavy (non-hydrogen) atoms. The van der Waals surface area contributed by atoms with Crippen LogP contribution >= 0.6 is 0 Å². The second-order valence-corrected chi connectivity index (χ2v) is 8.63. The Hall–Kier alpha value is -2.78. The zero-order valence-corrected chi connectivity index (χ0v) is 18.1. The number of anilines is 1. The summed E-state index contributed by atoms with van der Waals surface area (Å²) in [6.45, 7) is 7.14. The Morgan fingerprint density at radius 2 is 1.60 bits per heavy atom. The van der Waals surface area contributed by atoms with Gasteiger partial charge in [0.2, 0.25) is 10.0 Å². The fourth-order valence-electron chi connectivity index (χ4n) is 2.72. The third-order valence-corrected chi connectivity index (χ3v) is 6.30. The highest BCUT2D eigenvalue weighted by Gasteiger charge is 2.26. The van der Waals surface area contributed by atoms with E-state index in [0.717, 1.165) is 16.4 Å². The number of nitrogens with zero attached hydrogens (tertiary/aromatic N) is 1. The summed E-state index contributed by atoms with van der Waals surface area (Å²) >= 11 is 0. The van der Waals surface area contributed by atoms with E-state index in [9.17, 15) is 22.4 Å². The molecule has 2 rings (SSSR count). The van der Waals surface area contributed by atoms with Crippen molar-refractivity contribution in [2.75, 3.05) is 18.4 Å². The van der Waals surface area contributed by atoms with Gasteiger partial charge in [-0.25, -0.2) is 17.6 Å². The number of carbonyl (C=O) groups excluding carboxylic acids is 2. The molecule has 0 aliphatic rings. The molecule has 0 fully saturated rings. The van der Waals surface area contributed by atoms with E-state index in [0.29, 0.717) is 11.3 Å². The van der Waals surface area contributed by atoms with Gasteiger partial charge in [0, 0.05) is 24.3 Å². The number of carbonyl (C=O) groups is 2. The summed E-state index contributed by atoms with van der Waals surface area (Å²) in [5, 5.41) is 2.60. The van der Waals surface area contributed by atoms with Crippen molar-refractivity contribution in [1.82, 2.24) is 4.31 Å². The average molecular weight is 437 g/mol. The molecule has 2 aromatic carbocycles. The molecule has 7 nitrogen and oxygen atoms in total. The number of esters is 1. The number of amides is 1. The van der Waals surface area contributed by atoms with Crippen LogP contribution in [0.4, 0.5) is 10.1 Å². The molecule has 0 unspecified atom stereocenters. The summed E-state index contributed by atoms with van der Waals surface area (Å²) in [6, 6.07) is 9.23. The van der Waals surface area contributed by atoms with Gasteiger partial charge in [0.15, 0.2) is 0 Å². The van der Waals surface area contributed by atoms with E-state index in [4.69, 9.17) is 4.74 Å². The molecule has 1 amide bonds. The van der Waals surface area contributed by atoms with Gasteiger partial charge in [0.05, 0.1) is 11.7 Å². The predicted molar refractivity (Wildman–Crippen MR) is 111 cm³/mol. The highest BCUT2D eigenvalue weighted by atomic mass is 32.2. The summed E-state index contributed by atoms with van der Waals surface area (Å²) in [7, 11) is -4.06. The van der Waals surface area contributed by atoms with Gasteiger partial charge in [-0.05, 0) is 56.3 Å². The Bertz CT molecular complexity index is 1020. The lowest BCUT2D eigenvalue weighted by Gasteiger charge is -2.19. The molecule has 0 spiro atoms. The Morgan fingerprint density at radius 3 is 2.13 bits per heavy atom. The molecule has 9 heteroatoms. The minimum atomic E-state index is -4.06. The first kappa shape index (κ1) is 23.5. The van der Waals surface area contributed by atoms with Crippen molar-refractivity contribution in [1.29, 1.82) is 0 Å². The van der Waals surface area contributed by atoms with Gasteiger partial charge in [0.25, 0.3) is 5.91 Å². The molecule has 0 saturated carbocycles. The molecule has 1 N–H and O–H groups in total. The van der Waals surface area contributed by atoms with Gasteiger partial charge in [0.1, 0.15) is 10.7 Å². The van der Waals surface area contributed by atoms with Crippen molar-refractivity contribution in [3.8, 4) is 0 Å². The zero-order valence-electron chi connectivity index (χ0n) is 17.3. The average Bonchev–Trinajstić information content (AvgIpc) is 2.68. The maximum atomic E-state index is 14.2. The minimum Gasteiger partial charge on any atom is -0.459 e.